The van der Waals surface area contributed by atoms with Crippen LogP contribution in [0.2, 0.25) is 5.02 Å². The van der Waals surface area contributed by atoms with Gasteiger partial charge in [0.2, 0.25) is 0 Å². The van der Waals surface area contributed by atoms with Crippen LogP contribution in [-0.4, -0.2) is 20.6 Å². The van der Waals surface area contributed by atoms with Crippen LogP contribution in [0.15, 0.2) is 88.2 Å². The fourth-order valence-corrected chi connectivity index (χ4v) is 4.25. The molecule has 0 saturated heterocycles. The molecule has 0 aliphatic carbocycles. The van der Waals surface area contributed by atoms with E-state index in [9.17, 15) is 9.59 Å². The fraction of sp³-hybridized carbons (Fsp3) is 0.115. The van der Waals surface area contributed by atoms with Gasteiger partial charge in [0.05, 0.1) is 5.69 Å². The second-order valence-electron chi connectivity index (χ2n) is 7.92. The maximum absolute atomic E-state index is 13.4. The first-order valence-corrected chi connectivity index (χ1v) is 11.3. The van der Waals surface area contributed by atoms with E-state index in [0.29, 0.717) is 28.5 Å². The molecule has 5 rings (SSSR count). The minimum atomic E-state index is -0.689. The van der Waals surface area contributed by atoms with E-state index in [1.165, 1.54) is 5.56 Å². The Balaban J connectivity index is 1.45. The average Bonchev–Trinajstić information content (AvgIpc) is 3.45. The third-order valence-corrected chi connectivity index (χ3v) is 5.89. The summed E-state index contributed by atoms with van der Waals surface area (Å²) in [6.07, 6.45) is 1.80. The van der Waals surface area contributed by atoms with Crippen molar-refractivity contribution in [2.75, 3.05) is 5.32 Å². The molecule has 0 saturated carbocycles. The Hall–Kier alpha value is -4.10. The molecule has 2 heterocycles. The summed E-state index contributed by atoms with van der Waals surface area (Å²) in [6.45, 7) is 0.690. The second-order valence-corrected chi connectivity index (χ2v) is 8.35. The summed E-state index contributed by atoms with van der Waals surface area (Å²) in [5, 5.41) is 8.11. The topological polar surface area (TPSA) is 92.9 Å². The van der Waals surface area contributed by atoms with Crippen LogP contribution in [0.5, 0.6) is 0 Å². The van der Waals surface area contributed by atoms with Crippen molar-refractivity contribution in [2.24, 2.45) is 0 Å². The number of nitrogens with zero attached hydrogens (tertiary/aromatic N) is 2. The molecule has 5 aromatic rings. The molecule has 2 N–H and O–H groups in total. The molecular weight excluding hydrogens is 452 g/mol. The van der Waals surface area contributed by atoms with E-state index in [-0.39, 0.29) is 11.7 Å². The highest BCUT2D eigenvalue weighted by Crippen LogP contribution is 2.29. The Labute approximate surface area is 200 Å². The Bertz CT molecular complexity index is 1520. The van der Waals surface area contributed by atoms with Crippen LogP contribution in [0.25, 0.3) is 22.3 Å². The quantitative estimate of drug-likeness (QED) is 0.326. The van der Waals surface area contributed by atoms with Crippen LogP contribution in [0.1, 0.15) is 22.5 Å². The van der Waals surface area contributed by atoms with Gasteiger partial charge in [-0.25, -0.2) is 4.79 Å². The highest BCUT2D eigenvalue weighted by molar-refractivity contribution is 6.31. The molecular formula is C26H21ClN4O3. The molecule has 0 aliphatic heterocycles. The number of hydrogen-bond donors (Lipinski definition) is 2. The molecule has 0 bridgehead atoms. The van der Waals surface area contributed by atoms with Crippen LogP contribution in [0, 0.1) is 0 Å². The zero-order valence-electron chi connectivity index (χ0n) is 18.1. The maximum Gasteiger partial charge on any atom is 0.439 e. The molecule has 7 nitrogen and oxygen atoms in total. The van der Waals surface area contributed by atoms with E-state index in [0.717, 1.165) is 23.7 Å². The van der Waals surface area contributed by atoms with E-state index in [1.807, 2.05) is 53.1 Å². The van der Waals surface area contributed by atoms with Crippen molar-refractivity contribution in [1.29, 1.82) is 0 Å². The molecule has 0 radical (unpaired) electrons. The summed E-state index contributed by atoms with van der Waals surface area (Å²) in [5.41, 5.74) is 3.72. The van der Waals surface area contributed by atoms with Gasteiger partial charge >= 0.3 is 5.76 Å². The number of para-hydroxylation sites is 1. The van der Waals surface area contributed by atoms with E-state index in [2.05, 4.69) is 32.1 Å². The number of halogens is 1. The number of anilines is 1. The average molecular weight is 473 g/mol. The molecule has 1 amide bonds. The van der Waals surface area contributed by atoms with Crippen molar-refractivity contribution in [3.63, 3.8) is 0 Å². The lowest BCUT2D eigenvalue weighted by Gasteiger charge is -2.13. The number of benzene rings is 3. The van der Waals surface area contributed by atoms with Gasteiger partial charge in [0.15, 0.2) is 5.82 Å². The number of amides is 1. The Morgan fingerprint density at radius 3 is 2.62 bits per heavy atom. The smallest absolute Gasteiger partial charge is 0.336 e. The van der Waals surface area contributed by atoms with Crippen molar-refractivity contribution in [3.8, 4) is 11.4 Å². The molecule has 3 aromatic carbocycles. The number of nitrogens with one attached hydrogen (secondary N) is 2. The number of aryl methyl sites for hydroxylation is 2. The molecule has 170 valence electrons. The molecule has 34 heavy (non-hydrogen) atoms. The van der Waals surface area contributed by atoms with Crippen LogP contribution < -0.4 is 11.1 Å². The standard InChI is InChI=1S/C26H21ClN4O3/c27-19-12-13-21(20(16-19)24-29-26(33)34-30-24)28-25(32)23-15-18-10-4-5-11-22(18)31(23)14-6-9-17-7-2-1-3-8-17/h1-5,7-8,10-13,15-16H,6,9,14H2,(H,28,32)(H,29,30,33). The number of rotatable bonds is 7. The van der Waals surface area contributed by atoms with Gasteiger partial charge in [0.25, 0.3) is 5.91 Å². The second kappa shape index (κ2) is 9.41. The maximum atomic E-state index is 13.4. The predicted octanol–water partition coefficient (Wildman–Crippen LogP) is 5.52. The third kappa shape index (κ3) is 4.51. The molecule has 0 fully saturated rings. The van der Waals surface area contributed by atoms with Crippen LogP contribution >= 0.6 is 11.6 Å². The number of aromatic nitrogens is 3. The Kier molecular flexibility index (Phi) is 6.01. The predicted molar refractivity (Wildman–Crippen MR) is 132 cm³/mol. The van der Waals surface area contributed by atoms with Crippen LogP contribution in [0.3, 0.4) is 0 Å². The molecule has 0 spiro atoms. The number of H-pyrrole nitrogens is 1. The zero-order valence-corrected chi connectivity index (χ0v) is 18.9. The van der Waals surface area contributed by atoms with E-state index in [1.54, 1.807) is 18.2 Å². The lowest BCUT2D eigenvalue weighted by molar-refractivity contribution is 0.101. The number of carbonyl (C=O) groups excluding carboxylic acids is 1. The Morgan fingerprint density at radius 1 is 1.03 bits per heavy atom. The first-order valence-electron chi connectivity index (χ1n) is 10.9. The van der Waals surface area contributed by atoms with Crippen molar-refractivity contribution in [3.05, 3.63) is 106 Å². The van der Waals surface area contributed by atoms with Gasteiger partial charge in [-0.2, -0.15) is 0 Å². The first kappa shape index (κ1) is 21.7. The number of aromatic amines is 1. The SMILES string of the molecule is O=C(Nc1ccc(Cl)cc1-c1noc(=O)[nH]1)c1cc2ccccc2n1CCCc1ccccc1. The fourth-order valence-electron chi connectivity index (χ4n) is 4.08. The Morgan fingerprint density at radius 2 is 1.82 bits per heavy atom. The van der Waals surface area contributed by atoms with Gasteiger partial charge in [0, 0.05) is 28.0 Å². The highest BCUT2D eigenvalue weighted by Gasteiger charge is 2.18. The monoisotopic (exact) mass is 472 g/mol. The van der Waals surface area contributed by atoms with E-state index in [4.69, 9.17) is 11.6 Å². The summed E-state index contributed by atoms with van der Waals surface area (Å²) in [4.78, 5) is 27.4. The molecule has 2 aromatic heterocycles. The normalized spacial score (nSPS) is 11.1. The van der Waals surface area contributed by atoms with Crippen LogP contribution in [0.4, 0.5) is 5.69 Å². The number of fused-ring (bicyclic) bond motifs is 1. The highest BCUT2D eigenvalue weighted by atomic mass is 35.5. The lowest BCUT2D eigenvalue weighted by atomic mass is 10.1. The zero-order chi connectivity index (χ0) is 23.5. The lowest BCUT2D eigenvalue weighted by Crippen LogP contribution is -2.18. The van der Waals surface area contributed by atoms with E-state index >= 15 is 0 Å². The number of hydrogen-bond acceptors (Lipinski definition) is 4. The first-order chi connectivity index (χ1) is 16.6. The molecule has 8 heteroatoms. The van der Waals surface area contributed by atoms with Gasteiger partial charge in [-0.05, 0) is 48.7 Å². The van der Waals surface area contributed by atoms with Crippen molar-refractivity contribution >= 4 is 34.1 Å². The van der Waals surface area contributed by atoms with Gasteiger partial charge in [-0.3, -0.25) is 14.3 Å². The number of carbonyl (C=O) groups is 1. The van der Waals surface area contributed by atoms with Gasteiger partial charge in [-0.15, -0.1) is 0 Å². The van der Waals surface area contributed by atoms with Gasteiger partial charge < -0.3 is 9.88 Å². The third-order valence-electron chi connectivity index (χ3n) is 5.66. The minimum absolute atomic E-state index is 0.186. The molecule has 0 aliphatic rings. The van der Waals surface area contributed by atoms with Crippen LogP contribution in [-0.2, 0) is 13.0 Å². The largest absolute Gasteiger partial charge is 0.439 e. The summed E-state index contributed by atoms with van der Waals surface area (Å²) >= 11 is 6.15. The van der Waals surface area contributed by atoms with Gasteiger partial charge in [0.1, 0.15) is 5.69 Å². The summed E-state index contributed by atoms with van der Waals surface area (Å²) in [6, 6.07) is 25.1. The van der Waals surface area contributed by atoms with Crippen molar-refractivity contribution < 1.29 is 9.32 Å². The summed E-state index contributed by atoms with van der Waals surface area (Å²) in [5.74, 6) is -0.776. The summed E-state index contributed by atoms with van der Waals surface area (Å²) < 4.78 is 6.66. The van der Waals surface area contributed by atoms with E-state index < -0.39 is 5.76 Å². The molecule has 0 atom stereocenters. The minimum Gasteiger partial charge on any atom is -0.336 e. The van der Waals surface area contributed by atoms with Gasteiger partial charge in [-0.1, -0.05) is 65.3 Å². The summed E-state index contributed by atoms with van der Waals surface area (Å²) in [7, 11) is 0. The van der Waals surface area contributed by atoms with Crippen molar-refractivity contribution in [2.45, 2.75) is 19.4 Å². The molecule has 0 unspecified atom stereocenters. The van der Waals surface area contributed by atoms with Crippen molar-refractivity contribution in [1.82, 2.24) is 14.7 Å².